The smallest absolute Gasteiger partial charge is 0.170 e. The summed E-state index contributed by atoms with van der Waals surface area (Å²) in [6.07, 6.45) is 11.3. The van der Waals surface area contributed by atoms with Crippen molar-refractivity contribution >= 4 is 0 Å². The molecule has 1 saturated heterocycles. The molecule has 1 rings (SSSR count). The molecule has 0 N–H and O–H groups in total. The Morgan fingerprint density at radius 2 is 1.50 bits per heavy atom. The lowest BCUT2D eigenvalue weighted by molar-refractivity contribution is -0.277. The minimum Gasteiger partial charge on any atom is -0.380 e. The molecule has 1 aliphatic heterocycles. The predicted molar refractivity (Wildman–Crippen MR) is 101 cm³/mol. The second-order valence-electron chi connectivity index (χ2n) is 7.79. The average Bonchev–Trinajstić information content (AvgIpc) is 2.55. The zero-order chi connectivity index (χ0) is 17.9. The monoisotopic (exact) mass is 342 g/mol. The first-order chi connectivity index (χ1) is 11.6. The summed E-state index contributed by atoms with van der Waals surface area (Å²) in [6.45, 7) is 14.2. The van der Waals surface area contributed by atoms with Crippen LogP contribution in [0.15, 0.2) is 0 Å². The van der Waals surface area contributed by atoms with Gasteiger partial charge in [-0.1, -0.05) is 59.3 Å². The fourth-order valence-corrected chi connectivity index (χ4v) is 4.07. The zero-order valence-corrected chi connectivity index (χ0v) is 17.0. The Balaban J connectivity index is 2.66. The summed E-state index contributed by atoms with van der Waals surface area (Å²) in [7, 11) is 0. The molecule has 0 aromatic rings. The van der Waals surface area contributed by atoms with Gasteiger partial charge in [0.15, 0.2) is 5.79 Å². The van der Waals surface area contributed by atoms with Crippen molar-refractivity contribution in [3.05, 3.63) is 0 Å². The van der Waals surface area contributed by atoms with Crippen LogP contribution in [0.2, 0.25) is 0 Å². The molecule has 24 heavy (non-hydrogen) atoms. The standard InChI is InChI=1S/C21H42O3/c1-6-10-11-12-13-14-15-19(16-20(5)17-22-18-20)21(7-2,23-8-3)24-9-4/h19H,6-18H2,1-5H3. The van der Waals surface area contributed by atoms with Crippen LogP contribution in [0.3, 0.4) is 0 Å². The number of hydrogen-bond donors (Lipinski definition) is 0. The number of ether oxygens (including phenoxy) is 3. The lowest BCUT2D eigenvalue weighted by atomic mass is 9.74. The molecule has 1 fully saturated rings. The van der Waals surface area contributed by atoms with Crippen molar-refractivity contribution in [3.63, 3.8) is 0 Å². The topological polar surface area (TPSA) is 27.7 Å². The van der Waals surface area contributed by atoms with Crippen molar-refractivity contribution in [1.82, 2.24) is 0 Å². The molecule has 1 heterocycles. The summed E-state index contributed by atoms with van der Waals surface area (Å²) in [6, 6.07) is 0. The van der Waals surface area contributed by atoms with Gasteiger partial charge in [-0.15, -0.1) is 0 Å². The first kappa shape index (κ1) is 21.9. The highest BCUT2D eigenvalue weighted by Crippen LogP contribution is 2.43. The van der Waals surface area contributed by atoms with E-state index in [1.807, 2.05) is 0 Å². The molecular weight excluding hydrogens is 300 g/mol. The first-order valence-corrected chi connectivity index (χ1v) is 10.4. The SMILES string of the molecule is CCCCCCCCC(CC1(C)COC1)C(CC)(OCC)OCC. The molecule has 0 aliphatic carbocycles. The van der Waals surface area contributed by atoms with Crippen LogP contribution in [0.25, 0.3) is 0 Å². The molecule has 0 saturated carbocycles. The molecule has 0 aromatic carbocycles. The molecular formula is C21H42O3. The van der Waals surface area contributed by atoms with Crippen LogP contribution in [-0.4, -0.2) is 32.2 Å². The largest absolute Gasteiger partial charge is 0.380 e. The molecule has 3 heteroatoms. The molecule has 0 spiro atoms. The van der Waals surface area contributed by atoms with Gasteiger partial charge in [0.25, 0.3) is 0 Å². The van der Waals surface area contributed by atoms with E-state index in [4.69, 9.17) is 14.2 Å². The van der Waals surface area contributed by atoms with E-state index < -0.39 is 5.79 Å². The van der Waals surface area contributed by atoms with Crippen molar-refractivity contribution in [2.45, 2.75) is 98.2 Å². The van der Waals surface area contributed by atoms with Crippen LogP contribution in [0, 0.1) is 11.3 Å². The summed E-state index contributed by atoms with van der Waals surface area (Å²) in [4.78, 5) is 0. The molecule has 144 valence electrons. The van der Waals surface area contributed by atoms with Crippen LogP contribution in [0.1, 0.15) is 92.4 Å². The van der Waals surface area contributed by atoms with Gasteiger partial charge in [-0.3, -0.25) is 0 Å². The van der Waals surface area contributed by atoms with Gasteiger partial charge in [-0.05, 0) is 33.1 Å². The van der Waals surface area contributed by atoms with E-state index >= 15 is 0 Å². The van der Waals surface area contributed by atoms with Gasteiger partial charge in [-0.25, -0.2) is 0 Å². The van der Waals surface area contributed by atoms with Gasteiger partial charge in [0, 0.05) is 24.5 Å². The highest BCUT2D eigenvalue weighted by molar-refractivity contribution is 4.89. The van der Waals surface area contributed by atoms with E-state index in [9.17, 15) is 0 Å². The summed E-state index contributed by atoms with van der Waals surface area (Å²) >= 11 is 0. The minimum atomic E-state index is -0.411. The third-order valence-electron chi connectivity index (χ3n) is 5.44. The third kappa shape index (κ3) is 6.65. The highest BCUT2D eigenvalue weighted by atomic mass is 16.7. The maximum Gasteiger partial charge on any atom is 0.170 e. The molecule has 0 radical (unpaired) electrons. The molecule has 3 nitrogen and oxygen atoms in total. The Morgan fingerprint density at radius 3 is 1.96 bits per heavy atom. The minimum absolute atomic E-state index is 0.307. The predicted octanol–water partition coefficient (Wildman–Crippen LogP) is 5.96. The van der Waals surface area contributed by atoms with Crippen molar-refractivity contribution in [1.29, 1.82) is 0 Å². The summed E-state index contributed by atoms with van der Waals surface area (Å²) in [5.74, 6) is 0.0494. The van der Waals surface area contributed by atoms with Gasteiger partial charge < -0.3 is 14.2 Å². The quantitative estimate of drug-likeness (QED) is 0.271. The van der Waals surface area contributed by atoms with Crippen LogP contribution < -0.4 is 0 Å². The second-order valence-corrected chi connectivity index (χ2v) is 7.79. The summed E-state index contributed by atoms with van der Waals surface area (Å²) in [5.41, 5.74) is 0.307. The van der Waals surface area contributed by atoms with Gasteiger partial charge >= 0.3 is 0 Å². The molecule has 0 bridgehead atoms. The summed E-state index contributed by atoms with van der Waals surface area (Å²) in [5, 5.41) is 0. The highest BCUT2D eigenvalue weighted by Gasteiger charge is 2.45. The Bertz CT molecular complexity index is 306. The molecule has 1 aliphatic rings. The fraction of sp³-hybridized carbons (Fsp3) is 1.00. The Kier molecular flexibility index (Phi) is 10.5. The molecule has 1 unspecified atom stereocenters. The number of unbranched alkanes of at least 4 members (excludes halogenated alkanes) is 5. The van der Waals surface area contributed by atoms with Crippen LogP contribution in [-0.2, 0) is 14.2 Å². The van der Waals surface area contributed by atoms with E-state index in [-0.39, 0.29) is 0 Å². The lowest BCUT2D eigenvalue weighted by Crippen LogP contribution is -2.49. The van der Waals surface area contributed by atoms with E-state index in [2.05, 4.69) is 34.6 Å². The molecule has 0 amide bonds. The summed E-state index contributed by atoms with van der Waals surface area (Å²) < 4.78 is 18.0. The van der Waals surface area contributed by atoms with E-state index in [1.165, 1.54) is 44.9 Å². The van der Waals surface area contributed by atoms with E-state index in [1.54, 1.807) is 0 Å². The van der Waals surface area contributed by atoms with Gasteiger partial charge in [-0.2, -0.15) is 0 Å². The van der Waals surface area contributed by atoms with Crippen molar-refractivity contribution < 1.29 is 14.2 Å². The lowest BCUT2D eigenvalue weighted by Gasteiger charge is -2.46. The normalized spacial score (nSPS) is 18.4. The Morgan fingerprint density at radius 1 is 0.917 bits per heavy atom. The first-order valence-electron chi connectivity index (χ1n) is 10.4. The van der Waals surface area contributed by atoms with Gasteiger partial charge in [0.1, 0.15) is 0 Å². The third-order valence-corrected chi connectivity index (χ3v) is 5.44. The average molecular weight is 343 g/mol. The number of hydrogen-bond acceptors (Lipinski definition) is 3. The van der Waals surface area contributed by atoms with Crippen molar-refractivity contribution in [2.24, 2.45) is 11.3 Å². The van der Waals surface area contributed by atoms with Crippen molar-refractivity contribution in [2.75, 3.05) is 26.4 Å². The van der Waals surface area contributed by atoms with Crippen molar-refractivity contribution in [3.8, 4) is 0 Å². The Labute approximate surface area is 150 Å². The fourth-order valence-electron chi connectivity index (χ4n) is 4.07. The molecule has 0 aromatic heterocycles. The molecule has 1 atom stereocenters. The van der Waals surface area contributed by atoms with Crippen LogP contribution in [0.4, 0.5) is 0 Å². The van der Waals surface area contributed by atoms with Gasteiger partial charge in [0.2, 0.25) is 0 Å². The number of rotatable bonds is 15. The van der Waals surface area contributed by atoms with E-state index in [0.29, 0.717) is 24.5 Å². The maximum atomic E-state index is 6.23. The van der Waals surface area contributed by atoms with Crippen LogP contribution >= 0.6 is 0 Å². The second kappa shape index (κ2) is 11.5. The Hall–Kier alpha value is -0.120. The van der Waals surface area contributed by atoms with Crippen LogP contribution in [0.5, 0.6) is 0 Å². The zero-order valence-electron chi connectivity index (χ0n) is 17.0. The maximum absolute atomic E-state index is 6.23. The van der Waals surface area contributed by atoms with E-state index in [0.717, 1.165) is 26.1 Å². The van der Waals surface area contributed by atoms with Gasteiger partial charge in [0.05, 0.1) is 13.2 Å².